The fourth-order valence-electron chi connectivity index (χ4n) is 3.17. The Morgan fingerprint density at radius 1 is 1.26 bits per heavy atom. The second kappa shape index (κ2) is 9.33. The molecule has 3 rings (SSSR count). The minimum atomic E-state index is -0.692. The summed E-state index contributed by atoms with van der Waals surface area (Å²) in [5.41, 5.74) is -0.0470. The standard InChI is InChI=1S/C24H19ClN2O4/c1-3-12-31-18-10-8-16(9-11-18)22(28)21-15(2)19(13-26)23(29)27(24(21)30)14-17-6-4-5-7-20(17)25/h3-11,30H,1,12,14H2,2H3. The van der Waals surface area contributed by atoms with Gasteiger partial charge in [0.15, 0.2) is 5.78 Å². The molecule has 0 bridgehead atoms. The van der Waals surface area contributed by atoms with Crippen molar-refractivity contribution in [1.29, 1.82) is 5.26 Å². The summed E-state index contributed by atoms with van der Waals surface area (Å²) in [6.45, 7) is 5.28. The molecule has 0 saturated heterocycles. The topological polar surface area (TPSA) is 92.3 Å². The molecular weight excluding hydrogens is 416 g/mol. The quantitative estimate of drug-likeness (QED) is 0.443. The molecule has 2 aromatic carbocycles. The summed E-state index contributed by atoms with van der Waals surface area (Å²) in [5, 5.41) is 20.8. The van der Waals surface area contributed by atoms with Crippen molar-refractivity contribution in [3.63, 3.8) is 0 Å². The summed E-state index contributed by atoms with van der Waals surface area (Å²) in [6, 6.07) is 15.0. The van der Waals surface area contributed by atoms with Crippen LogP contribution in [0.15, 0.2) is 66.0 Å². The zero-order valence-corrected chi connectivity index (χ0v) is 17.5. The highest BCUT2D eigenvalue weighted by Gasteiger charge is 2.25. The van der Waals surface area contributed by atoms with Crippen LogP contribution >= 0.6 is 11.6 Å². The second-order valence-corrected chi connectivity index (χ2v) is 7.15. The number of hydrogen-bond acceptors (Lipinski definition) is 5. The molecule has 156 valence electrons. The highest BCUT2D eigenvalue weighted by Crippen LogP contribution is 2.27. The number of hydrogen-bond donors (Lipinski definition) is 1. The summed E-state index contributed by atoms with van der Waals surface area (Å²) in [6.07, 6.45) is 1.60. The maximum absolute atomic E-state index is 13.2. The number of carbonyl (C=O) groups excluding carboxylic acids is 1. The van der Waals surface area contributed by atoms with Crippen LogP contribution in [0.2, 0.25) is 5.02 Å². The van der Waals surface area contributed by atoms with E-state index in [2.05, 4.69) is 6.58 Å². The van der Waals surface area contributed by atoms with Gasteiger partial charge in [-0.05, 0) is 48.4 Å². The number of aromatic nitrogens is 1. The van der Waals surface area contributed by atoms with Gasteiger partial charge in [0.05, 0.1) is 12.1 Å². The van der Waals surface area contributed by atoms with Gasteiger partial charge in [0.2, 0.25) is 5.88 Å². The molecule has 7 heteroatoms. The van der Waals surface area contributed by atoms with E-state index in [-0.39, 0.29) is 28.8 Å². The van der Waals surface area contributed by atoms with Crippen molar-refractivity contribution in [2.75, 3.05) is 6.61 Å². The lowest BCUT2D eigenvalue weighted by molar-refractivity contribution is 0.103. The monoisotopic (exact) mass is 434 g/mol. The van der Waals surface area contributed by atoms with Crippen LogP contribution in [-0.2, 0) is 6.54 Å². The third kappa shape index (κ3) is 4.37. The van der Waals surface area contributed by atoms with Gasteiger partial charge in [-0.3, -0.25) is 14.2 Å². The predicted molar refractivity (Wildman–Crippen MR) is 118 cm³/mol. The SMILES string of the molecule is C=CCOc1ccc(C(=O)c2c(C)c(C#N)c(=O)n(Cc3ccccc3Cl)c2O)cc1. The van der Waals surface area contributed by atoms with Gasteiger partial charge in [0.1, 0.15) is 24.0 Å². The Labute approximate surface area is 184 Å². The van der Waals surface area contributed by atoms with Gasteiger partial charge in [0, 0.05) is 10.6 Å². The number of carbonyl (C=O) groups is 1. The molecule has 0 aliphatic carbocycles. The molecule has 0 aliphatic rings. The van der Waals surface area contributed by atoms with E-state index in [4.69, 9.17) is 16.3 Å². The van der Waals surface area contributed by atoms with Crippen molar-refractivity contribution >= 4 is 17.4 Å². The largest absolute Gasteiger partial charge is 0.494 e. The summed E-state index contributed by atoms with van der Waals surface area (Å²) < 4.78 is 6.40. The maximum Gasteiger partial charge on any atom is 0.271 e. The van der Waals surface area contributed by atoms with Gasteiger partial charge in [-0.2, -0.15) is 5.26 Å². The first-order valence-electron chi connectivity index (χ1n) is 9.37. The van der Waals surface area contributed by atoms with Crippen LogP contribution in [0.4, 0.5) is 0 Å². The highest BCUT2D eigenvalue weighted by atomic mass is 35.5. The van der Waals surface area contributed by atoms with Gasteiger partial charge < -0.3 is 9.84 Å². The van der Waals surface area contributed by atoms with Gasteiger partial charge in [-0.15, -0.1) is 0 Å². The molecule has 6 nitrogen and oxygen atoms in total. The number of benzene rings is 2. The normalized spacial score (nSPS) is 10.4. The molecule has 0 saturated carbocycles. The lowest BCUT2D eigenvalue weighted by Gasteiger charge is -2.16. The van der Waals surface area contributed by atoms with E-state index in [0.29, 0.717) is 22.9 Å². The van der Waals surface area contributed by atoms with E-state index in [1.54, 1.807) is 54.6 Å². The Bertz CT molecular complexity index is 1250. The summed E-state index contributed by atoms with van der Waals surface area (Å²) in [7, 11) is 0. The molecule has 0 aliphatic heterocycles. The minimum Gasteiger partial charge on any atom is -0.494 e. The molecule has 0 spiro atoms. The van der Waals surface area contributed by atoms with Crippen molar-refractivity contribution in [2.24, 2.45) is 0 Å². The van der Waals surface area contributed by atoms with E-state index >= 15 is 0 Å². The van der Waals surface area contributed by atoms with Crippen molar-refractivity contribution in [1.82, 2.24) is 4.57 Å². The number of ether oxygens (including phenoxy) is 1. The lowest BCUT2D eigenvalue weighted by atomic mass is 9.97. The molecule has 31 heavy (non-hydrogen) atoms. The zero-order chi connectivity index (χ0) is 22.5. The Balaban J connectivity index is 2.11. The first-order chi connectivity index (χ1) is 14.9. The molecule has 3 aromatic rings. The molecule has 0 amide bonds. The van der Waals surface area contributed by atoms with Crippen LogP contribution < -0.4 is 10.3 Å². The first-order valence-corrected chi connectivity index (χ1v) is 9.75. The minimum absolute atomic E-state index is 0.0894. The fourth-order valence-corrected chi connectivity index (χ4v) is 3.36. The van der Waals surface area contributed by atoms with E-state index in [1.807, 2.05) is 6.07 Å². The molecular formula is C24H19ClN2O4. The predicted octanol–water partition coefficient (Wildman–Crippen LogP) is 4.23. The van der Waals surface area contributed by atoms with Crippen molar-refractivity contribution in [3.8, 4) is 17.7 Å². The van der Waals surface area contributed by atoms with E-state index in [0.717, 1.165) is 4.57 Å². The molecule has 0 radical (unpaired) electrons. The summed E-state index contributed by atoms with van der Waals surface area (Å²) in [4.78, 5) is 26.0. The van der Waals surface area contributed by atoms with Gasteiger partial charge >= 0.3 is 0 Å². The molecule has 0 atom stereocenters. The fraction of sp³-hybridized carbons (Fsp3) is 0.125. The maximum atomic E-state index is 13.2. The van der Waals surface area contributed by atoms with Crippen LogP contribution in [0.3, 0.4) is 0 Å². The molecule has 0 unspecified atom stereocenters. The van der Waals surface area contributed by atoms with E-state index in [1.165, 1.54) is 6.92 Å². The number of rotatable bonds is 7. The van der Waals surface area contributed by atoms with E-state index < -0.39 is 17.2 Å². The number of halogens is 1. The van der Waals surface area contributed by atoms with Gasteiger partial charge in [0.25, 0.3) is 5.56 Å². The van der Waals surface area contributed by atoms with Crippen molar-refractivity contribution in [3.05, 3.63) is 104 Å². The number of nitriles is 1. The first kappa shape index (κ1) is 21.9. The van der Waals surface area contributed by atoms with Crippen LogP contribution in [0.5, 0.6) is 11.6 Å². The summed E-state index contributed by atoms with van der Waals surface area (Å²) >= 11 is 6.19. The summed E-state index contributed by atoms with van der Waals surface area (Å²) in [5.74, 6) is -0.480. The number of pyridine rings is 1. The Morgan fingerprint density at radius 2 is 1.94 bits per heavy atom. The molecule has 1 heterocycles. The van der Waals surface area contributed by atoms with Gasteiger partial charge in [-0.1, -0.05) is 42.5 Å². The third-order valence-electron chi connectivity index (χ3n) is 4.80. The van der Waals surface area contributed by atoms with Crippen LogP contribution in [0, 0.1) is 18.3 Å². The average molecular weight is 435 g/mol. The van der Waals surface area contributed by atoms with Crippen LogP contribution in [0.25, 0.3) is 0 Å². The Morgan fingerprint density at radius 3 is 2.55 bits per heavy atom. The third-order valence-corrected chi connectivity index (χ3v) is 5.17. The number of aromatic hydroxyl groups is 1. The molecule has 1 aromatic heterocycles. The highest BCUT2D eigenvalue weighted by molar-refractivity contribution is 6.31. The second-order valence-electron chi connectivity index (χ2n) is 6.75. The van der Waals surface area contributed by atoms with Crippen LogP contribution in [0.1, 0.15) is 32.6 Å². The molecule has 0 fully saturated rings. The lowest BCUT2D eigenvalue weighted by Crippen LogP contribution is -2.27. The van der Waals surface area contributed by atoms with E-state index in [9.17, 15) is 20.0 Å². The van der Waals surface area contributed by atoms with Crippen molar-refractivity contribution < 1.29 is 14.6 Å². The van der Waals surface area contributed by atoms with Crippen molar-refractivity contribution in [2.45, 2.75) is 13.5 Å². The zero-order valence-electron chi connectivity index (χ0n) is 16.8. The average Bonchev–Trinajstić information content (AvgIpc) is 2.77. The van der Waals surface area contributed by atoms with Crippen LogP contribution in [-0.4, -0.2) is 22.1 Å². The van der Waals surface area contributed by atoms with Gasteiger partial charge in [-0.25, -0.2) is 0 Å². The Kier molecular flexibility index (Phi) is 6.58. The number of ketones is 1. The Hall–Kier alpha value is -3.82. The molecule has 1 N–H and O–H groups in total. The smallest absolute Gasteiger partial charge is 0.271 e. The number of nitrogens with zero attached hydrogens (tertiary/aromatic N) is 2.